The Morgan fingerprint density at radius 3 is 2.54 bits per heavy atom. The summed E-state index contributed by atoms with van der Waals surface area (Å²) in [6.07, 6.45) is 10.1. The molecule has 0 unspecified atom stereocenters. The number of ketones is 2. The third-order valence-electron chi connectivity index (χ3n) is 8.73. The van der Waals surface area contributed by atoms with Gasteiger partial charge in [-0.2, -0.15) is 0 Å². The van der Waals surface area contributed by atoms with E-state index in [2.05, 4.69) is 13.8 Å². The van der Waals surface area contributed by atoms with Crippen LogP contribution in [0.3, 0.4) is 0 Å². The Kier molecular flexibility index (Phi) is 4.67. The van der Waals surface area contributed by atoms with E-state index in [9.17, 15) is 14.4 Å². The summed E-state index contributed by atoms with van der Waals surface area (Å²) in [7, 11) is 0. The minimum absolute atomic E-state index is 0.0432. The van der Waals surface area contributed by atoms with Crippen LogP contribution in [0.4, 0.5) is 0 Å². The van der Waals surface area contributed by atoms with Gasteiger partial charge in [0.1, 0.15) is 5.78 Å². The summed E-state index contributed by atoms with van der Waals surface area (Å²) >= 11 is 0. The van der Waals surface area contributed by atoms with Crippen molar-refractivity contribution in [1.29, 1.82) is 0 Å². The van der Waals surface area contributed by atoms with Gasteiger partial charge in [0.2, 0.25) is 0 Å². The lowest BCUT2D eigenvalue weighted by molar-refractivity contribution is -0.135. The highest BCUT2D eigenvalue weighted by Gasteiger charge is 2.60. The number of carbonyl (C=O) groups excluding carboxylic acids is 3. The minimum atomic E-state index is -0.329. The molecule has 3 saturated carbocycles. The number of rotatable bonds is 2. The summed E-state index contributed by atoms with van der Waals surface area (Å²) in [4.78, 5) is 36.0. The second kappa shape index (κ2) is 6.67. The molecule has 0 amide bonds. The first-order valence-electron chi connectivity index (χ1n) is 10.8. The molecule has 0 radical (unpaired) electrons. The van der Waals surface area contributed by atoms with Crippen LogP contribution in [0.15, 0.2) is 23.5 Å². The van der Waals surface area contributed by atoms with Crippen molar-refractivity contribution in [3.05, 3.63) is 23.5 Å². The van der Waals surface area contributed by atoms with Crippen LogP contribution >= 0.6 is 0 Å². The first kappa shape index (κ1) is 19.6. The molecule has 0 aromatic carbocycles. The largest absolute Gasteiger partial charge is 0.434 e. The maximum absolute atomic E-state index is 12.3. The fraction of sp³-hybridized carbons (Fsp3) is 0.708. The molecule has 6 atom stereocenters. The van der Waals surface area contributed by atoms with Gasteiger partial charge in [-0.1, -0.05) is 13.8 Å². The number of carbonyl (C=O) groups is 3. The number of fused-ring (bicyclic) bond motifs is 5. The van der Waals surface area contributed by atoms with Crippen LogP contribution in [0.2, 0.25) is 0 Å². The van der Waals surface area contributed by atoms with Crippen molar-refractivity contribution in [1.82, 2.24) is 0 Å². The van der Waals surface area contributed by atoms with Crippen LogP contribution in [0.1, 0.15) is 72.6 Å². The van der Waals surface area contributed by atoms with E-state index in [1.54, 1.807) is 13.2 Å². The predicted octanol–water partition coefficient (Wildman–Crippen LogP) is 4.78. The number of hydrogen-bond donors (Lipinski definition) is 0. The first-order valence-corrected chi connectivity index (χ1v) is 10.8. The molecule has 0 bridgehead atoms. The summed E-state index contributed by atoms with van der Waals surface area (Å²) in [5, 5.41) is 0. The lowest BCUT2D eigenvalue weighted by Crippen LogP contribution is -2.51. The van der Waals surface area contributed by atoms with Crippen LogP contribution < -0.4 is 0 Å². The summed E-state index contributed by atoms with van der Waals surface area (Å²) in [5.41, 5.74) is 2.15. The fourth-order valence-corrected chi connectivity index (χ4v) is 7.42. The molecule has 0 spiro atoms. The lowest BCUT2D eigenvalue weighted by Gasteiger charge is -2.58. The average Bonchev–Trinajstić information content (AvgIpc) is 2.98. The van der Waals surface area contributed by atoms with Gasteiger partial charge in [0, 0.05) is 19.3 Å². The molecule has 4 nitrogen and oxygen atoms in total. The normalized spacial score (nSPS) is 43.6. The Balaban J connectivity index is 1.75. The Bertz CT molecular complexity index is 790. The monoisotopic (exact) mass is 384 g/mol. The number of allylic oxidation sites excluding steroid dienone is 2. The van der Waals surface area contributed by atoms with Crippen molar-refractivity contribution in [2.75, 3.05) is 0 Å². The Morgan fingerprint density at radius 1 is 1.11 bits per heavy atom. The molecule has 0 aromatic rings. The third-order valence-corrected chi connectivity index (χ3v) is 8.73. The van der Waals surface area contributed by atoms with Crippen molar-refractivity contribution in [2.45, 2.75) is 72.6 Å². The molecular weight excluding hydrogens is 352 g/mol. The van der Waals surface area contributed by atoms with E-state index in [0.29, 0.717) is 30.0 Å². The third kappa shape index (κ3) is 2.83. The molecule has 4 aliphatic rings. The summed E-state index contributed by atoms with van der Waals surface area (Å²) in [6, 6.07) is 0. The van der Waals surface area contributed by atoms with Crippen molar-refractivity contribution in [3.8, 4) is 0 Å². The van der Waals surface area contributed by atoms with E-state index in [-0.39, 0.29) is 28.5 Å². The van der Waals surface area contributed by atoms with Gasteiger partial charge in [-0.3, -0.25) is 14.4 Å². The zero-order valence-electron chi connectivity index (χ0n) is 17.5. The van der Waals surface area contributed by atoms with Gasteiger partial charge >= 0.3 is 5.97 Å². The lowest BCUT2D eigenvalue weighted by atomic mass is 9.46. The topological polar surface area (TPSA) is 60.4 Å². The smallest absolute Gasteiger partial charge is 0.307 e. The van der Waals surface area contributed by atoms with E-state index in [1.807, 2.05) is 6.08 Å². The molecule has 0 heterocycles. The number of Topliss-reactive ketones (excluding diaryl/α,β-unsaturated/α-hetero) is 1. The fourth-order valence-electron chi connectivity index (χ4n) is 7.42. The number of esters is 1. The highest BCUT2D eigenvalue weighted by Crippen LogP contribution is 2.67. The van der Waals surface area contributed by atoms with E-state index in [1.165, 1.54) is 6.92 Å². The van der Waals surface area contributed by atoms with Crippen LogP contribution in [-0.4, -0.2) is 17.5 Å². The van der Waals surface area contributed by atoms with Gasteiger partial charge in [0.15, 0.2) is 5.78 Å². The molecule has 4 rings (SSSR count). The molecule has 0 aromatic heterocycles. The van der Waals surface area contributed by atoms with Crippen LogP contribution in [0.5, 0.6) is 0 Å². The van der Waals surface area contributed by atoms with Crippen LogP contribution in [0, 0.1) is 34.5 Å². The highest BCUT2D eigenvalue weighted by atomic mass is 16.5. The van der Waals surface area contributed by atoms with Crippen LogP contribution in [-0.2, 0) is 19.1 Å². The van der Waals surface area contributed by atoms with Gasteiger partial charge in [0.25, 0.3) is 0 Å². The van der Waals surface area contributed by atoms with Gasteiger partial charge < -0.3 is 4.74 Å². The Hall–Kier alpha value is -1.71. The van der Waals surface area contributed by atoms with E-state index in [4.69, 9.17) is 4.74 Å². The van der Waals surface area contributed by atoms with Crippen molar-refractivity contribution >= 4 is 17.5 Å². The van der Waals surface area contributed by atoms with Gasteiger partial charge in [-0.05, 0) is 91.3 Å². The molecular formula is C24H32O4. The molecule has 28 heavy (non-hydrogen) atoms. The van der Waals surface area contributed by atoms with E-state index < -0.39 is 0 Å². The summed E-state index contributed by atoms with van der Waals surface area (Å²) in [5.74, 6) is 1.91. The van der Waals surface area contributed by atoms with E-state index >= 15 is 0 Å². The van der Waals surface area contributed by atoms with Crippen molar-refractivity contribution < 1.29 is 19.1 Å². The molecule has 152 valence electrons. The molecule has 4 heteroatoms. The minimum Gasteiger partial charge on any atom is -0.434 e. The van der Waals surface area contributed by atoms with E-state index in [0.717, 1.165) is 49.7 Å². The van der Waals surface area contributed by atoms with Gasteiger partial charge in [-0.25, -0.2) is 0 Å². The summed E-state index contributed by atoms with van der Waals surface area (Å²) in [6.45, 7) is 7.81. The number of hydrogen-bond acceptors (Lipinski definition) is 4. The molecule has 0 aliphatic heterocycles. The van der Waals surface area contributed by atoms with Crippen LogP contribution in [0.25, 0.3) is 0 Å². The predicted molar refractivity (Wildman–Crippen MR) is 106 cm³/mol. The average molecular weight is 385 g/mol. The maximum Gasteiger partial charge on any atom is 0.307 e. The summed E-state index contributed by atoms with van der Waals surface area (Å²) < 4.78 is 5.28. The second-order valence-corrected chi connectivity index (χ2v) is 10.1. The molecule has 4 aliphatic carbocycles. The SMILES string of the molecule is CC(=O)OC=C1C[C@H]2[C@@H]3CC[C@H](C(C)=O)[C@@]3(C)CC[C@@H]2[C@@]2(C)CCC(=O)C=C12. The molecule has 3 fully saturated rings. The standard InChI is InChI=1S/C24H32O4/c1-14(25)19-5-6-20-18-11-16(13-28-15(2)26)22-12-17(27)7-9-24(22,4)21(18)8-10-23(19,20)3/h12-13,18-21H,5-11H2,1-4H3/t18-,19+,20-,21-,23+,24+/m0/s1. The zero-order valence-corrected chi connectivity index (χ0v) is 17.5. The van der Waals surface area contributed by atoms with Crippen molar-refractivity contribution in [2.24, 2.45) is 34.5 Å². The molecule has 0 N–H and O–H groups in total. The second-order valence-electron chi connectivity index (χ2n) is 10.1. The maximum atomic E-state index is 12.3. The van der Waals surface area contributed by atoms with Gasteiger partial charge in [0.05, 0.1) is 6.26 Å². The first-order chi connectivity index (χ1) is 13.2. The highest BCUT2D eigenvalue weighted by molar-refractivity contribution is 5.92. The zero-order chi connectivity index (χ0) is 20.3. The van der Waals surface area contributed by atoms with Crippen molar-refractivity contribution in [3.63, 3.8) is 0 Å². The molecule has 0 saturated heterocycles. The van der Waals surface area contributed by atoms with Gasteiger partial charge in [-0.15, -0.1) is 0 Å². The Labute approximate surface area is 167 Å². The Morgan fingerprint density at radius 2 is 1.86 bits per heavy atom. The number of ether oxygens (including phenoxy) is 1. The quantitative estimate of drug-likeness (QED) is 0.508.